The number of H-pyrrole nitrogens is 1. The molecule has 0 fully saturated rings. The van der Waals surface area contributed by atoms with Crippen LogP contribution in [0.5, 0.6) is 0 Å². The Labute approximate surface area is 184 Å². The Morgan fingerprint density at radius 1 is 1.00 bits per heavy atom. The molecule has 6 nitrogen and oxygen atoms in total. The molecule has 0 aliphatic rings. The molecule has 1 aromatic heterocycles. The molecule has 2 amide bonds. The maximum absolute atomic E-state index is 12.9. The summed E-state index contributed by atoms with van der Waals surface area (Å²) >= 11 is 1.56. The number of hydrogen-bond donors (Lipinski definition) is 2. The standard InChI is InChI=1S/C24H22N4O2S/c1-16(29)28(2)19-13-11-18(12-14-19)25-23(30)20-8-4-3-7-17(20)15-31-24-26-21-9-5-6-10-22(21)27-24/h3-14H,15H2,1-2H3,(H,25,30)(H,26,27). The zero-order chi connectivity index (χ0) is 21.8. The van der Waals surface area contributed by atoms with Gasteiger partial charge in [0.1, 0.15) is 0 Å². The highest BCUT2D eigenvalue weighted by Crippen LogP contribution is 2.25. The summed E-state index contributed by atoms with van der Waals surface area (Å²) in [5, 5.41) is 3.76. The van der Waals surface area contributed by atoms with E-state index < -0.39 is 0 Å². The molecule has 0 saturated carbocycles. The van der Waals surface area contributed by atoms with Gasteiger partial charge in [-0.15, -0.1) is 0 Å². The first-order valence-corrected chi connectivity index (χ1v) is 10.8. The molecule has 0 atom stereocenters. The van der Waals surface area contributed by atoms with Crippen LogP contribution >= 0.6 is 11.8 Å². The van der Waals surface area contributed by atoms with Gasteiger partial charge in [0.05, 0.1) is 11.0 Å². The quantitative estimate of drug-likeness (QED) is 0.418. The second-order valence-corrected chi connectivity index (χ2v) is 8.05. The number of benzene rings is 3. The number of thioether (sulfide) groups is 1. The van der Waals surface area contributed by atoms with Crippen molar-refractivity contribution >= 4 is 46.0 Å². The first kappa shape index (κ1) is 20.7. The lowest BCUT2D eigenvalue weighted by Crippen LogP contribution is -2.22. The Balaban J connectivity index is 1.46. The third kappa shape index (κ3) is 4.78. The average Bonchev–Trinajstić information content (AvgIpc) is 3.21. The molecule has 0 aliphatic heterocycles. The number of fused-ring (bicyclic) bond motifs is 1. The number of anilines is 2. The highest BCUT2D eigenvalue weighted by molar-refractivity contribution is 7.98. The van der Waals surface area contributed by atoms with Gasteiger partial charge in [0.25, 0.3) is 5.91 Å². The van der Waals surface area contributed by atoms with Crippen molar-refractivity contribution < 1.29 is 9.59 Å². The second kappa shape index (κ2) is 9.06. The summed E-state index contributed by atoms with van der Waals surface area (Å²) in [5.41, 5.74) is 4.91. The predicted octanol–water partition coefficient (Wildman–Crippen LogP) is 5.09. The number of hydrogen-bond acceptors (Lipinski definition) is 4. The van der Waals surface area contributed by atoms with Crippen molar-refractivity contribution in [3.05, 3.63) is 83.9 Å². The molecule has 0 bridgehead atoms. The number of para-hydroxylation sites is 2. The van der Waals surface area contributed by atoms with E-state index in [1.807, 2.05) is 48.5 Å². The maximum Gasteiger partial charge on any atom is 0.255 e. The van der Waals surface area contributed by atoms with E-state index >= 15 is 0 Å². The zero-order valence-corrected chi connectivity index (χ0v) is 18.1. The van der Waals surface area contributed by atoms with Crippen LogP contribution in [-0.4, -0.2) is 28.8 Å². The Bertz CT molecular complexity index is 1200. The molecule has 0 aliphatic carbocycles. The van der Waals surface area contributed by atoms with E-state index in [1.165, 1.54) is 6.92 Å². The number of carbonyl (C=O) groups is 2. The van der Waals surface area contributed by atoms with Crippen molar-refractivity contribution in [2.75, 3.05) is 17.3 Å². The van der Waals surface area contributed by atoms with Crippen molar-refractivity contribution in [2.45, 2.75) is 17.8 Å². The van der Waals surface area contributed by atoms with Gasteiger partial charge in [0, 0.05) is 36.7 Å². The lowest BCUT2D eigenvalue weighted by molar-refractivity contribution is -0.116. The highest BCUT2D eigenvalue weighted by Gasteiger charge is 2.13. The van der Waals surface area contributed by atoms with Gasteiger partial charge < -0.3 is 15.2 Å². The van der Waals surface area contributed by atoms with E-state index in [4.69, 9.17) is 0 Å². The number of amides is 2. The van der Waals surface area contributed by atoms with Crippen LogP contribution in [0.15, 0.2) is 78.0 Å². The summed E-state index contributed by atoms with van der Waals surface area (Å²) in [6, 6.07) is 22.6. The molecule has 31 heavy (non-hydrogen) atoms. The average molecular weight is 431 g/mol. The number of nitrogens with zero attached hydrogens (tertiary/aromatic N) is 2. The molecule has 2 N–H and O–H groups in total. The minimum atomic E-state index is -0.173. The smallest absolute Gasteiger partial charge is 0.255 e. The fourth-order valence-corrected chi connectivity index (χ4v) is 4.05. The fourth-order valence-electron chi connectivity index (χ4n) is 3.16. The van der Waals surface area contributed by atoms with Gasteiger partial charge in [-0.2, -0.15) is 0 Å². The number of aromatic amines is 1. The van der Waals surface area contributed by atoms with Crippen LogP contribution in [0.3, 0.4) is 0 Å². The van der Waals surface area contributed by atoms with Crippen LogP contribution in [-0.2, 0) is 10.5 Å². The van der Waals surface area contributed by atoms with E-state index in [0.29, 0.717) is 17.0 Å². The largest absolute Gasteiger partial charge is 0.333 e. The minimum Gasteiger partial charge on any atom is -0.333 e. The van der Waals surface area contributed by atoms with Crippen LogP contribution in [0.1, 0.15) is 22.8 Å². The monoisotopic (exact) mass is 430 g/mol. The summed E-state index contributed by atoms with van der Waals surface area (Å²) < 4.78 is 0. The number of aromatic nitrogens is 2. The molecule has 4 aromatic rings. The van der Waals surface area contributed by atoms with Gasteiger partial charge in [0.2, 0.25) is 5.91 Å². The molecule has 4 rings (SSSR count). The van der Waals surface area contributed by atoms with E-state index in [1.54, 1.807) is 48.0 Å². The summed E-state index contributed by atoms with van der Waals surface area (Å²) in [6.45, 7) is 1.51. The molecule has 0 spiro atoms. The van der Waals surface area contributed by atoms with Gasteiger partial charge in [-0.05, 0) is 48.0 Å². The third-order valence-electron chi connectivity index (χ3n) is 4.98. The predicted molar refractivity (Wildman–Crippen MR) is 126 cm³/mol. The Morgan fingerprint density at radius 3 is 2.45 bits per heavy atom. The maximum atomic E-state index is 12.9. The third-order valence-corrected chi connectivity index (χ3v) is 5.90. The molecule has 0 saturated heterocycles. The summed E-state index contributed by atoms with van der Waals surface area (Å²) in [5.74, 6) is 0.396. The van der Waals surface area contributed by atoms with Gasteiger partial charge in [0.15, 0.2) is 5.16 Å². The summed E-state index contributed by atoms with van der Waals surface area (Å²) in [4.78, 5) is 33.8. The first-order valence-electron chi connectivity index (χ1n) is 9.82. The van der Waals surface area contributed by atoms with Gasteiger partial charge in [-0.1, -0.05) is 42.1 Å². The molecule has 0 radical (unpaired) electrons. The fraction of sp³-hybridized carbons (Fsp3) is 0.125. The summed E-state index contributed by atoms with van der Waals surface area (Å²) in [7, 11) is 1.71. The molecule has 1 heterocycles. The number of rotatable bonds is 6. The van der Waals surface area contributed by atoms with Crippen molar-refractivity contribution in [3.63, 3.8) is 0 Å². The number of nitrogens with one attached hydrogen (secondary N) is 2. The second-order valence-electron chi connectivity index (χ2n) is 7.08. The topological polar surface area (TPSA) is 78.1 Å². The van der Waals surface area contributed by atoms with Gasteiger partial charge >= 0.3 is 0 Å². The van der Waals surface area contributed by atoms with Crippen LogP contribution in [0.25, 0.3) is 11.0 Å². The van der Waals surface area contributed by atoms with E-state index in [9.17, 15) is 9.59 Å². The molecule has 7 heteroatoms. The van der Waals surface area contributed by atoms with Crippen LogP contribution in [0, 0.1) is 0 Å². The molecular formula is C24H22N4O2S. The van der Waals surface area contributed by atoms with Gasteiger partial charge in [-0.3, -0.25) is 9.59 Å². The lowest BCUT2D eigenvalue weighted by atomic mass is 10.1. The molecule has 3 aromatic carbocycles. The minimum absolute atomic E-state index is 0.0485. The zero-order valence-electron chi connectivity index (χ0n) is 17.3. The Kier molecular flexibility index (Phi) is 6.04. The highest BCUT2D eigenvalue weighted by atomic mass is 32.2. The molecular weight excluding hydrogens is 408 g/mol. The van der Waals surface area contributed by atoms with Crippen molar-refractivity contribution in [1.29, 1.82) is 0 Å². The number of imidazole rings is 1. The number of carbonyl (C=O) groups excluding carboxylic acids is 2. The van der Waals surface area contributed by atoms with Crippen molar-refractivity contribution in [1.82, 2.24) is 9.97 Å². The van der Waals surface area contributed by atoms with Crippen molar-refractivity contribution in [2.24, 2.45) is 0 Å². The summed E-state index contributed by atoms with van der Waals surface area (Å²) in [6.07, 6.45) is 0. The first-order chi connectivity index (χ1) is 15.0. The van der Waals surface area contributed by atoms with Crippen LogP contribution in [0.2, 0.25) is 0 Å². The SMILES string of the molecule is CC(=O)N(C)c1ccc(NC(=O)c2ccccc2CSc2nc3ccccc3[nH]2)cc1. The van der Waals surface area contributed by atoms with E-state index in [2.05, 4.69) is 15.3 Å². The van der Waals surface area contributed by atoms with Gasteiger partial charge in [-0.25, -0.2) is 4.98 Å². The Hall–Kier alpha value is -3.58. The van der Waals surface area contributed by atoms with Crippen LogP contribution < -0.4 is 10.2 Å². The van der Waals surface area contributed by atoms with E-state index in [0.717, 1.165) is 27.4 Å². The molecule has 0 unspecified atom stereocenters. The van der Waals surface area contributed by atoms with Crippen LogP contribution in [0.4, 0.5) is 11.4 Å². The normalized spacial score (nSPS) is 10.8. The van der Waals surface area contributed by atoms with E-state index in [-0.39, 0.29) is 11.8 Å². The van der Waals surface area contributed by atoms with Crippen molar-refractivity contribution in [3.8, 4) is 0 Å². The Morgan fingerprint density at radius 2 is 1.71 bits per heavy atom. The lowest BCUT2D eigenvalue weighted by Gasteiger charge is -2.15. The molecule has 156 valence electrons.